The predicted molar refractivity (Wildman–Crippen MR) is 137 cm³/mol. The van der Waals surface area contributed by atoms with Gasteiger partial charge in [0.2, 0.25) is 0 Å². The number of ether oxygens (including phenoxy) is 3. The van der Waals surface area contributed by atoms with Gasteiger partial charge in [-0.2, -0.15) is 5.10 Å². The van der Waals surface area contributed by atoms with Gasteiger partial charge < -0.3 is 19.1 Å². The van der Waals surface area contributed by atoms with E-state index in [-0.39, 0.29) is 48.9 Å². The molecule has 2 heterocycles. The number of methoxy groups -OCH3 is 1. The van der Waals surface area contributed by atoms with E-state index in [1.807, 2.05) is 0 Å². The van der Waals surface area contributed by atoms with Crippen LogP contribution in [0.5, 0.6) is 11.5 Å². The number of esters is 1. The molecule has 0 saturated heterocycles. The van der Waals surface area contributed by atoms with Crippen LogP contribution < -0.4 is 9.47 Å². The van der Waals surface area contributed by atoms with E-state index < -0.39 is 29.3 Å². The summed E-state index contributed by atoms with van der Waals surface area (Å²) < 4.78 is 60.5. The van der Waals surface area contributed by atoms with Crippen LogP contribution in [0.1, 0.15) is 32.0 Å². The molecule has 206 valence electrons. The number of aryl methyl sites for hydroxylation is 1. The van der Waals surface area contributed by atoms with Crippen molar-refractivity contribution in [3.05, 3.63) is 100 Å². The summed E-state index contributed by atoms with van der Waals surface area (Å²) >= 11 is 0. The maximum atomic E-state index is 14.5. The fourth-order valence-corrected chi connectivity index (χ4v) is 4.54. The first-order valence-electron chi connectivity index (χ1n) is 12.3. The van der Waals surface area contributed by atoms with Crippen molar-refractivity contribution in [1.29, 1.82) is 0 Å². The molecule has 0 fully saturated rings. The number of nitrogens with zero attached hydrogens (tertiary/aromatic N) is 3. The summed E-state index contributed by atoms with van der Waals surface area (Å²) in [6.07, 6.45) is 0. The van der Waals surface area contributed by atoms with Crippen LogP contribution in [0.3, 0.4) is 0 Å². The number of fused-ring (bicyclic) bond motifs is 3. The summed E-state index contributed by atoms with van der Waals surface area (Å²) in [5, 5.41) is 4.40. The third-order valence-corrected chi connectivity index (χ3v) is 6.49. The van der Waals surface area contributed by atoms with Gasteiger partial charge in [-0.25, -0.2) is 18.0 Å². The minimum absolute atomic E-state index is 0.0207. The Morgan fingerprint density at radius 3 is 2.60 bits per heavy atom. The lowest BCUT2D eigenvalue weighted by atomic mass is 10.0. The smallest absolute Gasteiger partial charge is 0.337 e. The largest absolute Gasteiger partial charge is 0.489 e. The number of hydrogen-bond acceptors (Lipinski definition) is 6. The number of amides is 1. The molecule has 1 amide bonds. The molecule has 8 nitrogen and oxygen atoms in total. The first-order chi connectivity index (χ1) is 19.3. The molecular weight excluding hydrogens is 527 g/mol. The average molecular weight is 552 g/mol. The lowest BCUT2D eigenvalue weighted by Gasteiger charge is -2.24. The van der Waals surface area contributed by atoms with Gasteiger partial charge in [0.25, 0.3) is 5.91 Å². The molecule has 1 aliphatic rings. The normalized spacial score (nSPS) is 11.7. The van der Waals surface area contributed by atoms with Crippen molar-refractivity contribution in [2.24, 2.45) is 7.05 Å². The van der Waals surface area contributed by atoms with Crippen LogP contribution in [0.4, 0.5) is 13.2 Å². The maximum Gasteiger partial charge on any atom is 0.337 e. The number of carbonyl (C=O) groups excluding carboxylic acids is 2. The zero-order valence-corrected chi connectivity index (χ0v) is 21.6. The molecular formula is C29H24F3N3O5. The maximum absolute atomic E-state index is 14.5. The molecule has 0 atom stereocenters. The van der Waals surface area contributed by atoms with Gasteiger partial charge in [-0.05, 0) is 42.5 Å². The minimum atomic E-state index is -0.781. The van der Waals surface area contributed by atoms with Crippen molar-refractivity contribution in [2.45, 2.75) is 13.2 Å². The summed E-state index contributed by atoms with van der Waals surface area (Å²) in [6.45, 7) is -0.280. The van der Waals surface area contributed by atoms with E-state index in [0.717, 1.165) is 6.07 Å². The molecule has 0 saturated carbocycles. The molecule has 40 heavy (non-hydrogen) atoms. The first-order valence-corrected chi connectivity index (χ1v) is 12.3. The molecule has 3 aromatic carbocycles. The number of rotatable bonds is 8. The van der Waals surface area contributed by atoms with E-state index >= 15 is 0 Å². The van der Waals surface area contributed by atoms with Gasteiger partial charge in [-0.3, -0.25) is 9.48 Å². The number of carbonyl (C=O) groups is 2. The lowest BCUT2D eigenvalue weighted by molar-refractivity contribution is 0.0599. The van der Waals surface area contributed by atoms with E-state index in [4.69, 9.17) is 9.47 Å². The molecule has 0 spiro atoms. The van der Waals surface area contributed by atoms with Gasteiger partial charge >= 0.3 is 5.97 Å². The summed E-state index contributed by atoms with van der Waals surface area (Å²) in [7, 11) is 2.83. The number of benzene rings is 3. The van der Waals surface area contributed by atoms with Gasteiger partial charge in [0.1, 0.15) is 30.6 Å². The van der Waals surface area contributed by atoms with Gasteiger partial charge in [0.05, 0.1) is 24.9 Å². The fraction of sp³-hybridized carbons (Fsp3) is 0.207. The van der Waals surface area contributed by atoms with Crippen LogP contribution in [0.2, 0.25) is 0 Å². The van der Waals surface area contributed by atoms with Crippen LogP contribution in [0, 0.1) is 17.5 Å². The Kier molecular flexibility index (Phi) is 7.45. The van der Waals surface area contributed by atoms with Crippen LogP contribution >= 0.6 is 0 Å². The average Bonchev–Trinajstić information content (AvgIpc) is 3.30. The summed E-state index contributed by atoms with van der Waals surface area (Å²) in [5.41, 5.74) is 1.82. The van der Waals surface area contributed by atoms with Crippen molar-refractivity contribution in [3.8, 4) is 22.8 Å². The molecule has 1 aliphatic heterocycles. The highest BCUT2D eigenvalue weighted by atomic mass is 19.1. The molecule has 11 heteroatoms. The molecule has 5 rings (SSSR count). The summed E-state index contributed by atoms with van der Waals surface area (Å²) in [6, 6.07) is 13.8. The Balaban J connectivity index is 1.41. The van der Waals surface area contributed by atoms with Crippen molar-refractivity contribution in [3.63, 3.8) is 0 Å². The Hall–Kier alpha value is -4.80. The SMILES string of the molecule is COC(=O)c1ccc(OCCN(Cc2ccccc2F)C(=O)c2nn(C)c3c2COc2ccc(F)cc2-3)c(F)c1. The zero-order chi connectivity index (χ0) is 28.4. The number of aromatic nitrogens is 2. The predicted octanol–water partition coefficient (Wildman–Crippen LogP) is 4.90. The van der Waals surface area contributed by atoms with E-state index in [2.05, 4.69) is 9.84 Å². The van der Waals surface area contributed by atoms with Crippen LogP contribution in [-0.4, -0.2) is 46.8 Å². The highest BCUT2D eigenvalue weighted by Crippen LogP contribution is 2.39. The first kappa shape index (κ1) is 26.8. The van der Waals surface area contributed by atoms with Crippen molar-refractivity contribution in [2.75, 3.05) is 20.3 Å². The van der Waals surface area contributed by atoms with Crippen LogP contribution in [0.15, 0.2) is 60.7 Å². The Morgan fingerprint density at radius 2 is 1.85 bits per heavy atom. The summed E-state index contributed by atoms with van der Waals surface area (Å²) in [5.74, 6) is -2.64. The van der Waals surface area contributed by atoms with Crippen molar-refractivity contribution >= 4 is 11.9 Å². The van der Waals surface area contributed by atoms with Gasteiger partial charge in [0, 0.05) is 30.3 Å². The molecule has 0 aliphatic carbocycles. The van der Waals surface area contributed by atoms with E-state index in [1.165, 1.54) is 59.2 Å². The molecule has 0 N–H and O–H groups in total. The van der Waals surface area contributed by atoms with Gasteiger partial charge in [-0.1, -0.05) is 18.2 Å². The molecule has 0 radical (unpaired) electrons. The quantitative estimate of drug-likeness (QED) is 0.290. The Labute approximate surface area is 227 Å². The fourth-order valence-electron chi connectivity index (χ4n) is 4.54. The monoisotopic (exact) mass is 551 g/mol. The second-order valence-electron chi connectivity index (χ2n) is 9.03. The van der Waals surface area contributed by atoms with E-state index in [1.54, 1.807) is 19.2 Å². The third kappa shape index (κ3) is 5.22. The zero-order valence-electron chi connectivity index (χ0n) is 21.6. The van der Waals surface area contributed by atoms with E-state index in [0.29, 0.717) is 22.6 Å². The summed E-state index contributed by atoms with van der Waals surface area (Å²) in [4.78, 5) is 26.8. The van der Waals surface area contributed by atoms with Gasteiger partial charge in [0.15, 0.2) is 17.3 Å². The molecule has 0 unspecified atom stereocenters. The second-order valence-corrected chi connectivity index (χ2v) is 9.03. The Morgan fingerprint density at radius 1 is 1.05 bits per heavy atom. The third-order valence-electron chi connectivity index (χ3n) is 6.49. The lowest BCUT2D eigenvalue weighted by Crippen LogP contribution is -2.35. The standard InChI is InChI=1S/C29H24F3N3O5/c1-34-27-20-14-19(30)8-10-24(20)40-16-21(27)26(33-34)28(36)35(15-18-5-3-4-6-22(18)31)11-12-39-25-9-7-17(13-23(25)32)29(37)38-2/h3-10,13-14H,11-12,15-16H2,1-2H3. The number of hydrogen-bond donors (Lipinski definition) is 0. The topological polar surface area (TPSA) is 82.9 Å². The van der Waals surface area contributed by atoms with Crippen LogP contribution in [-0.2, 0) is 24.9 Å². The van der Waals surface area contributed by atoms with Gasteiger partial charge in [-0.15, -0.1) is 0 Å². The highest BCUT2D eigenvalue weighted by molar-refractivity contribution is 5.96. The number of halogens is 3. The minimum Gasteiger partial charge on any atom is -0.489 e. The molecule has 0 bridgehead atoms. The second kappa shape index (κ2) is 11.1. The van der Waals surface area contributed by atoms with Crippen molar-refractivity contribution in [1.82, 2.24) is 14.7 Å². The molecule has 1 aromatic heterocycles. The highest BCUT2D eigenvalue weighted by Gasteiger charge is 2.31. The molecule has 4 aromatic rings. The van der Waals surface area contributed by atoms with E-state index in [9.17, 15) is 22.8 Å². The Bertz CT molecular complexity index is 1600. The van der Waals surface area contributed by atoms with Crippen molar-refractivity contribution < 1.29 is 37.0 Å². The van der Waals surface area contributed by atoms with Crippen LogP contribution in [0.25, 0.3) is 11.3 Å².